The number of fused-ring (bicyclic) bond motifs is 1. The fourth-order valence-corrected chi connectivity index (χ4v) is 4.92. The van der Waals surface area contributed by atoms with Gasteiger partial charge in [0.1, 0.15) is 17.0 Å². The first-order valence-corrected chi connectivity index (χ1v) is 10.0. The smallest absolute Gasteiger partial charge is 0.325 e. The maximum absolute atomic E-state index is 13.5. The molecule has 2 fully saturated rings. The average molecular weight is 418 g/mol. The van der Waals surface area contributed by atoms with Gasteiger partial charge in [0.05, 0.1) is 26.1 Å². The van der Waals surface area contributed by atoms with Gasteiger partial charge < -0.3 is 14.6 Å². The number of rotatable bonds is 5. The Kier molecular flexibility index (Phi) is 5.35. The highest BCUT2D eigenvalue weighted by molar-refractivity contribution is 6.10. The van der Waals surface area contributed by atoms with Gasteiger partial charge >= 0.3 is 5.97 Å². The van der Waals surface area contributed by atoms with Gasteiger partial charge in [0.25, 0.3) is 0 Å². The van der Waals surface area contributed by atoms with Crippen LogP contribution in [0.2, 0.25) is 0 Å². The van der Waals surface area contributed by atoms with Crippen molar-refractivity contribution in [3.8, 4) is 11.5 Å². The Balaban J connectivity index is 2.23. The number of imide groups is 1. The number of carbonyl (C=O) groups is 3. The Morgan fingerprint density at radius 2 is 1.80 bits per heavy atom. The molecule has 4 unspecified atom stereocenters. The second-order valence-corrected chi connectivity index (χ2v) is 9.24. The summed E-state index contributed by atoms with van der Waals surface area (Å²) < 4.78 is 10.8. The lowest BCUT2D eigenvalue weighted by atomic mass is 9.73. The number of ether oxygens (including phenoxy) is 2. The third kappa shape index (κ3) is 2.96. The van der Waals surface area contributed by atoms with Gasteiger partial charge in [-0.15, -0.1) is 0 Å². The predicted molar refractivity (Wildman–Crippen MR) is 109 cm³/mol. The summed E-state index contributed by atoms with van der Waals surface area (Å²) >= 11 is 0. The number of nitrogens with one attached hydrogen (secondary N) is 1. The summed E-state index contributed by atoms with van der Waals surface area (Å²) in [4.78, 5) is 40.7. The van der Waals surface area contributed by atoms with E-state index in [4.69, 9.17) is 9.47 Å². The number of nitrogens with zero attached hydrogens (tertiary/aromatic N) is 1. The highest BCUT2D eigenvalue weighted by atomic mass is 16.5. The SMILES string of the molecule is COc1ccc(C2NC(C(=O)O)(C(C)C)C3C(=O)N(C(C)(C)C)C(=O)C23)c(OC)c1. The molecule has 1 aromatic carbocycles. The average Bonchev–Trinajstić information content (AvgIpc) is 3.15. The quantitative estimate of drug-likeness (QED) is 0.707. The topological polar surface area (TPSA) is 105 Å². The number of aliphatic carboxylic acids is 1. The van der Waals surface area contributed by atoms with Crippen LogP contribution in [0.15, 0.2) is 18.2 Å². The van der Waals surface area contributed by atoms with Crippen molar-refractivity contribution in [3.05, 3.63) is 23.8 Å². The zero-order valence-corrected chi connectivity index (χ0v) is 18.5. The summed E-state index contributed by atoms with van der Waals surface area (Å²) in [5.74, 6) is -3.22. The van der Waals surface area contributed by atoms with E-state index in [9.17, 15) is 19.5 Å². The molecule has 8 nitrogen and oxygen atoms in total. The highest BCUT2D eigenvalue weighted by Crippen LogP contribution is 2.53. The first-order valence-electron chi connectivity index (χ1n) is 10.0. The molecule has 2 amide bonds. The van der Waals surface area contributed by atoms with E-state index in [-0.39, 0.29) is 5.91 Å². The van der Waals surface area contributed by atoms with Crippen molar-refractivity contribution in [1.82, 2.24) is 10.2 Å². The van der Waals surface area contributed by atoms with Crippen LogP contribution < -0.4 is 14.8 Å². The summed E-state index contributed by atoms with van der Waals surface area (Å²) in [6.07, 6.45) is 0. The second-order valence-electron chi connectivity index (χ2n) is 9.24. The molecule has 1 aromatic rings. The number of carboxylic acid groups (broad SMARTS) is 1. The van der Waals surface area contributed by atoms with Gasteiger partial charge in [-0.3, -0.25) is 24.6 Å². The largest absolute Gasteiger partial charge is 0.497 e. The molecule has 164 valence electrons. The molecule has 0 aromatic heterocycles. The number of carboxylic acids is 1. The Morgan fingerprint density at radius 1 is 1.17 bits per heavy atom. The van der Waals surface area contributed by atoms with E-state index in [2.05, 4.69) is 5.32 Å². The lowest BCUT2D eigenvalue weighted by Crippen LogP contribution is -2.60. The number of methoxy groups -OCH3 is 2. The Morgan fingerprint density at radius 3 is 2.27 bits per heavy atom. The molecule has 3 rings (SSSR count). The third-order valence-electron chi connectivity index (χ3n) is 6.31. The predicted octanol–water partition coefficient (Wildman–Crippen LogP) is 2.23. The lowest BCUT2D eigenvalue weighted by molar-refractivity contribution is -0.155. The zero-order valence-electron chi connectivity index (χ0n) is 18.5. The number of hydrogen-bond acceptors (Lipinski definition) is 6. The summed E-state index contributed by atoms with van der Waals surface area (Å²) in [5.41, 5.74) is -1.71. The fraction of sp³-hybridized carbons (Fsp3) is 0.591. The zero-order chi connectivity index (χ0) is 22.6. The first kappa shape index (κ1) is 22.1. The van der Waals surface area contributed by atoms with E-state index in [0.29, 0.717) is 17.1 Å². The molecule has 0 bridgehead atoms. The standard InChI is InChI=1S/C22H30N2O6/c1-11(2)22(20(27)28)16-15(18(25)24(19(16)26)21(3,4)5)17(23-22)13-9-8-12(29-6)10-14(13)30-7/h8-11,15-17,23H,1-7H3,(H,27,28). The van der Waals surface area contributed by atoms with Gasteiger partial charge in [-0.05, 0) is 32.8 Å². The minimum Gasteiger partial charge on any atom is -0.497 e. The van der Waals surface area contributed by atoms with E-state index < -0.39 is 46.7 Å². The Hall–Kier alpha value is -2.61. The second kappa shape index (κ2) is 7.27. The van der Waals surface area contributed by atoms with Crippen molar-refractivity contribution in [2.24, 2.45) is 17.8 Å². The van der Waals surface area contributed by atoms with Gasteiger partial charge in [0.15, 0.2) is 0 Å². The van der Waals surface area contributed by atoms with Gasteiger partial charge in [-0.2, -0.15) is 0 Å². The molecule has 2 aliphatic heterocycles. The van der Waals surface area contributed by atoms with Gasteiger partial charge in [-0.1, -0.05) is 19.9 Å². The molecule has 2 heterocycles. The molecular weight excluding hydrogens is 388 g/mol. The molecular formula is C22H30N2O6. The number of benzene rings is 1. The first-order chi connectivity index (χ1) is 13.9. The van der Waals surface area contributed by atoms with E-state index in [0.717, 1.165) is 0 Å². The van der Waals surface area contributed by atoms with Crippen molar-refractivity contribution in [2.45, 2.75) is 51.7 Å². The molecule has 4 atom stereocenters. The minimum absolute atomic E-state index is 0.364. The van der Waals surface area contributed by atoms with Gasteiger partial charge in [0.2, 0.25) is 11.8 Å². The van der Waals surface area contributed by atoms with Crippen molar-refractivity contribution in [3.63, 3.8) is 0 Å². The monoisotopic (exact) mass is 418 g/mol. The lowest BCUT2D eigenvalue weighted by Gasteiger charge is -2.37. The Labute approximate surface area is 176 Å². The Bertz CT molecular complexity index is 890. The highest BCUT2D eigenvalue weighted by Gasteiger charge is 2.70. The van der Waals surface area contributed by atoms with Crippen LogP contribution in [-0.4, -0.2) is 53.1 Å². The number of likely N-dealkylation sites (tertiary alicyclic amines) is 1. The number of hydrogen-bond donors (Lipinski definition) is 2. The molecule has 8 heteroatoms. The summed E-state index contributed by atoms with van der Waals surface area (Å²) in [6.45, 7) is 8.83. The van der Waals surface area contributed by atoms with Crippen LogP contribution in [0.1, 0.15) is 46.2 Å². The van der Waals surface area contributed by atoms with Crippen LogP contribution in [0.4, 0.5) is 0 Å². The van der Waals surface area contributed by atoms with Crippen molar-refractivity contribution in [2.75, 3.05) is 14.2 Å². The summed E-state index contributed by atoms with van der Waals surface area (Å²) in [7, 11) is 3.04. The maximum atomic E-state index is 13.5. The molecule has 0 radical (unpaired) electrons. The molecule has 0 saturated carbocycles. The van der Waals surface area contributed by atoms with Crippen molar-refractivity contribution < 1.29 is 29.0 Å². The van der Waals surface area contributed by atoms with Gasteiger partial charge in [0, 0.05) is 23.2 Å². The van der Waals surface area contributed by atoms with Crippen LogP contribution in [0, 0.1) is 17.8 Å². The van der Waals surface area contributed by atoms with Gasteiger partial charge in [-0.25, -0.2) is 0 Å². The maximum Gasteiger partial charge on any atom is 0.325 e. The van der Waals surface area contributed by atoms with Crippen LogP contribution in [0.3, 0.4) is 0 Å². The van der Waals surface area contributed by atoms with Crippen LogP contribution in [0.5, 0.6) is 11.5 Å². The molecule has 0 aliphatic carbocycles. The minimum atomic E-state index is -1.58. The molecule has 2 aliphatic rings. The number of amides is 2. The molecule has 2 N–H and O–H groups in total. The summed E-state index contributed by atoms with van der Waals surface area (Å²) in [6, 6.07) is 4.47. The molecule has 30 heavy (non-hydrogen) atoms. The van der Waals surface area contributed by atoms with E-state index in [1.54, 1.807) is 52.8 Å². The molecule has 2 saturated heterocycles. The van der Waals surface area contributed by atoms with E-state index in [1.807, 2.05) is 0 Å². The van der Waals surface area contributed by atoms with Crippen molar-refractivity contribution >= 4 is 17.8 Å². The fourth-order valence-electron chi connectivity index (χ4n) is 4.92. The molecule has 0 spiro atoms. The van der Waals surface area contributed by atoms with Crippen LogP contribution in [-0.2, 0) is 14.4 Å². The third-order valence-corrected chi connectivity index (χ3v) is 6.31. The van der Waals surface area contributed by atoms with Crippen LogP contribution >= 0.6 is 0 Å². The summed E-state index contributed by atoms with van der Waals surface area (Å²) in [5, 5.41) is 13.4. The van der Waals surface area contributed by atoms with E-state index in [1.165, 1.54) is 19.1 Å². The van der Waals surface area contributed by atoms with Crippen LogP contribution in [0.25, 0.3) is 0 Å². The van der Waals surface area contributed by atoms with E-state index >= 15 is 0 Å². The normalized spacial score (nSPS) is 28.8. The number of carbonyl (C=O) groups excluding carboxylic acids is 2. The van der Waals surface area contributed by atoms with Crippen molar-refractivity contribution in [1.29, 1.82) is 0 Å².